The van der Waals surface area contributed by atoms with E-state index in [0.717, 1.165) is 67.1 Å². The number of methoxy groups -OCH3 is 1. The summed E-state index contributed by atoms with van der Waals surface area (Å²) >= 11 is 0. The lowest BCUT2D eigenvalue weighted by Crippen LogP contribution is -2.66. The molecule has 7 rings (SSSR count). The van der Waals surface area contributed by atoms with Crippen molar-refractivity contribution >= 4 is 16.7 Å². The highest BCUT2D eigenvalue weighted by Gasteiger charge is 2.57. The molecule has 3 fully saturated rings. The summed E-state index contributed by atoms with van der Waals surface area (Å²) in [7, 11) is 1.71. The maximum absolute atomic E-state index is 6.38. The maximum atomic E-state index is 6.38. The lowest BCUT2D eigenvalue weighted by Gasteiger charge is -2.53. The van der Waals surface area contributed by atoms with E-state index >= 15 is 0 Å². The van der Waals surface area contributed by atoms with E-state index in [1.54, 1.807) is 7.11 Å². The Kier molecular flexibility index (Phi) is 4.57. The molecule has 2 aromatic carbocycles. The van der Waals surface area contributed by atoms with Crippen LogP contribution in [0.15, 0.2) is 59.9 Å². The second-order valence-corrected chi connectivity index (χ2v) is 9.20. The Morgan fingerprint density at radius 2 is 1.97 bits per heavy atom. The average molecular weight is 429 g/mol. The summed E-state index contributed by atoms with van der Waals surface area (Å²) < 4.78 is 5.42. The number of aryl methyl sites for hydroxylation is 1. The second kappa shape index (κ2) is 7.48. The predicted octanol–water partition coefficient (Wildman–Crippen LogP) is 4.17. The first-order valence-electron chi connectivity index (χ1n) is 11.4. The summed E-state index contributed by atoms with van der Waals surface area (Å²) in [6, 6.07) is 16.7. The van der Waals surface area contributed by atoms with Crippen molar-refractivity contribution in [2.45, 2.75) is 32.0 Å². The van der Waals surface area contributed by atoms with E-state index in [9.17, 15) is 0 Å². The fourth-order valence-electron chi connectivity index (χ4n) is 5.55. The molecular weight excluding hydrogens is 400 g/mol. The van der Waals surface area contributed by atoms with Crippen LogP contribution < -0.4 is 4.74 Å². The molecule has 6 heteroatoms. The van der Waals surface area contributed by atoms with Gasteiger partial charge in [0.1, 0.15) is 5.75 Å². The molecule has 164 valence electrons. The van der Waals surface area contributed by atoms with Gasteiger partial charge in [-0.15, -0.1) is 0 Å². The Morgan fingerprint density at radius 1 is 1.12 bits per heavy atom. The average Bonchev–Trinajstić information content (AvgIpc) is 3.18. The van der Waals surface area contributed by atoms with Gasteiger partial charge in [0.2, 0.25) is 5.72 Å². The summed E-state index contributed by atoms with van der Waals surface area (Å²) in [6.07, 6.45) is 4.23. The number of para-hydroxylation sites is 1. The molecule has 3 saturated heterocycles. The maximum Gasteiger partial charge on any atom is 0.227 e. The zero-order chi connectivity index (χ0) is 21.7. The molecule has 0 saturated carbocycles. The van der Waals surface area contributed by atoms with Crippen LogP contribution in [0.5, 0.6) is 5.75 Å². The zero-order valence-electron chi connectivity index (χ0n) is 18.6. The molecule has 2 bridgehead atoms. The topological polar surface area (TPSA) is 50.2 Å². The lowest BCUT2D eigenvalue weighted by molar-refractivity contribution is -0.198. The summed E-state index contributed by atoms with van der Waals surface area (Å²) in [4.78, 5) is 16.0. The molecule has 1 atom stereocenters. The van der Waals surface area contributed by atoms with Crippen molar-refractivity contribution < 1.29 is 9.57 Å². The van der Waals surface area contributed by atoms with Crippen LogP contribution in [0, 0.1) is 12.8 Å². The van der Waals surface area contributed by atoms with Gasteiger partial charge in [-0.2, -0.15) is 0 Å². The standard InChI is InChI=1S/C26H28N4O2/c1-18-13-23(31-2)8-7-20(18)16-30-25(21-14-19-5-3-4-6-24(19)27-15-21)28-32-26(30)17-29-11-9-22(26)10-12-29/h3-8,13-15,22H,9-12,16-17H2,1-2H3. The number of hydrogen-bond acceptors (Lipinski definition) is 6. The van der Waals surface area contributed by atoms with E-state index in [1.165, 1.54) is 11.1 Å². The molecule has 4 aliphatic rings. The summed E-state index contributed by atoms with van der Waals surface area (Å²) in [5.74, 6) is 2.24. The molecule has 0 amide bonds. The van der Waals surface area contributed by atoms with Gasteiger partial charge in [0, 0.05) is 29.6 Å². The van der Waals surface area contributed by atoms with Crippen molar-refractivity contribution in [2.24, 2.45) is 11.1 Å². The predicted molar refractivity (Wildman–Crippen MR) is 125 cm³/mol. The SMILES string of the molecule is COc1ccc(CN2C(c3cnc4ccccc4c3)=NOC23CN2CCC3CC2)c(C)c1. The highest BCUT2D eigenvalue weighted by molar-refractivity contribution is 6.01. The molecule has 5 heterocycles. The Bertz CT molecular complexity index is 1200. The number of nitrogens with zero attached hydrogens (tertiary/aromatic N) is 4. The monoisotopic (exact) mass is 428 g/mol. The first-order valence-corrected chi connectivity index (χ1v) is 11.4. The number of piperidine rings is 3. The van der Waals surface area contributed by atoms with Crippen LogP contribution >= 0.6 is 0 Å². The smallest absolute Gasteiger partial charge is 0.227 e. The van der Waals surface area contributed by atoms with Gasteiger partial charge in [0.15, 0.2) is 5.84 Å². The third kappa shape index (κ3) is 3.05. The van der Waals surface area contributed by atoms with Crippen molar-refractivity contribution in [3.8, 4) is 5.75 Å². The molecule has 0 radical (unpaired) electrons. The number of ether oxygens (including phenoxy) is 1. The largest absolute Gasteiger partial charge is 0.497 e. The molecule has 3 aromatic rings. The van der Waals surface area contributed by atoms with Crippen LogP contribution in [0.4, 0.5) is 0 Å². The number of amidine groups is 1. The Balaban J connectivity index is 1.42. The quantitative estimate of drug-likeness (QED) is 0.624. The Labute approximate surface area is 188 Å². The molecule has 0 aliphatic carbocycles. The molecule has 4 aliphatic heterocycles. The third-order valence-corrected chi connectivity index (χ3v) is 7.41. The van der Waals surface area contributed by atoms with Crippen molar-refractivity contribution in [3.05, 3.63) is 71.4 Å². The van der Waals surface area contributed by atoms with E-state index in [-0.39, 0.29) is 0 Å². The van der Waals surface area contributed by atoms with Crippen molar-refractivity contribution in [2.75, 3.05) is 26.7 Å². The van der Waals surface area contributed by atoms with E-state index in [2.05, 4.69) is 41.0 Å². The van der Waals surface area contributed by atoms with Gasteiger partial charge < -0.3 is 14.5 Å². The normalized spacial score (nSPS) is 26.4. The number of aromatic nitrogens is 1. The van der Waals surface area contributed by atoms with E-state index in [1.807, 2.05) is 30.5 Å². The molecule has 1 unspecified atom stereocenters. The number of oxime groups is 1. The van der Waals surface area contributed by atoms with Gasteiger partial charge in [0.05, 0.1) is 19.2 Å². The second-order valence-electron chi connectivity index (χ2n) is 9.20. The number of fused-ring (bicyclic) bond motifs is 3. The van der Waals surface area contributed by atoms with Crippen LogP contribution in [0.2, 0.25) is 0 Å². The van der Waals surface area contributed by atoms with Crippen LogP contribution in [0.1, 0.15) is 29.5 Å². The number of hydrogen-bond donors (Lipinski definition) is 0. The van der Waals surface area contributed by atoms with Crippen LogP contribution in [-0.4, -0.2) is 53.1 Å². The first kappa shape index (κ1) is 19.6. The first-order chi connectivity index (χ1) is 15.7. The van der Waals surface area contributed by atoms with E-state index < -0.39 is 5.72 Å². The van der Waals surface area contributed by atoms with Gasteiger partial charge in [-0.1, -0.05) is 29.4 Å². The highest BCUT2D eigenvalue weighted by Crippen LogP contribution is 2.45. The summed E-state index contributed by atoms with van der Waals surface area (Å²) in [5.41, 5.74) is 4.05. The summed E-state index contributed by atoms with van der Waals surface area (Å²) in [5, 5.41) is 5.81. The van der Waals surface area contributed by atoms with Gasteiger partial charge in [-0.25, -0.2) is 0 Å². The van der Waals surface area contributed by atoms with E-state index in [0.29, 0.717) is 5.92 Å². The number of pyridine rings is 1. The molecule has 32 heavy (non-hydrogen) atoms. The third-order valence-electron chi connectivity index (χ3n) is 7.41. The number of benzene rings is 2. The minimum atomic E-state index is -0.413. The molecule has 6 nitrogen and oxygen atoms in total. The lowest BCUT2D eigenvalue weighted by atomic mass is 9.79. The minimum absolute atomic E-state index is 0.413. The fourth-order valence-corrected chi connectivity index (χ4v) is 5.55. The molecule has 1 spiro atoms. The van der Waals surface area contributed by atoms with Gasteiger partial charge in [-0.05, 0) is 68.2 Å². The zero-order valence-corrected chi connectivity index (χ0v) is 18.6. The molecular formula is C26H28N4O2. The van der Waals surface area contributed by atoms with Crippen molar-refractivity contribution in [1.29, 1.82) is 0 Å². The minimum Gasteiger partial charge on any atom is -0.497 e. The van der Waals surface area contributed by atoms with Crippen molar-refractivity contribution in [3.63, 3.8) is 0 Å². The highest BCUT2D eigenvalue weighted by atomic mass is 16.7. The Morgan fingerprint density at radius 3 is 2.72 bits per heavy atom. The van der Waals surface area contributed by atoms with Crippen LogP contribution in [-0.2, 0) is 11.4 Å². The van der Waals surface area contributed by atoms with Crippen molar-refractivity contribution in [1.82, 2.24) is 14.8 Å². The molecule has 0 N–H and O–H groups in total. The van der Waals surface area contributed by atoms with Gasteiger partial charge >= 0.3 is 0 Å². The Hall–Kier alpha value is -3.12. The van der Waals surface area contributed by atoms with E-state index in [4.69, 9.17) is 19.7 Å². The summed E-state index contributed by atoms with van der Waals surface area (Å²) in [6.45, 7) is 6.08. The van der Waals surface area contributed by atoms with Gasteiger partial charge in [-0.3, -0.25) is 9.88 Å². The fraction of sp³-hybridized carbons (Fsp3) is 0.385. The molecule has 1 aromatic heterocycles. The van der Waals surface area contributed by atoms with Crippen LogP contribution in [0.25, 0.3) is 10.9 Å². The van der Waals surface area contributed by atoms with Gasteiger partial charge in [0.25, 0.3) is 0 Å². The van der Waals surface area contributed by atoms with Crippen LogP contribution in [0.3, 0.4) is 0 Å². The number of rotatable bonds is 4.